The maximum absolute atomic E-state index is 13.4. The van der Waals surface area contributed by atoms with E-state index in [1.165, 1.54) is 11.8 Å². The molecule has 1 unspecified atom stereocenters. The first-order chi connectivity index (χ1) is 20.3. The summed E-state index contributed by atoms with van der Waals surface area (Å²) in [5, 5.41) is 9.33. The molecular formula is C32H33ClN4O4S. The second kappa shape index (κ2) is 13.4. The highest BCUT2D eigenvalue weighted by Crippen LogP contribution is 2.40. The van der Waals surface area contributed by atoms with Crippen LogP contribution in [0.4, 0.5) is 5.95 Å². The van der Waals surface area contributed by atoms with Crippen molar-refractivity contribution >= 4 is 35.3 Å². The van der Waals surface area contributed by atoms with Crippen molar-refractivity contribution in [2.75, 3.05) is 11.9 Å². The van der Waals surface area contributed by atoms with Gasteiger partial charge >= 0.3 is 5.97 Å². The van der Waals surface area contributed by atoms with E-state index < -0.39 is 12.0 Å². The smallest absolute Gasteiger partial charge is 0.338 e. The summed E-state index contributed by atoms with van der Waals surface area (Å²) in [6, 6.07) is 22.7. The molecule has 10 heteroatoms. The predicted octanol–water partition coefficient (Wildman–Crippen LogP) is 7.44. The number of nitrogens with zero attached hydrogens (tertiary/aromatic N) is 3. The number of aromatic nitrogens is 3. The van der Waals surface area contributed by atoms with Gasteiger partial charge in [-0.3, -0.25) is 0 Å². The second-order valence-electron chi connectivity index (χ2n) is 9.98. The first-order valence-electron chi connectivity index (χ1n) is 13.8. The van der Waals surface area contributed by atoms with E-state index >= 15 is 0 Å². The lowest BCUT2D eigenvalue weighted by atomic mass is 9.95. The zero-order chi connectivity index (χ0) is 29.6. The van der Waals surface area contributed by atoms with Crippen LogP contribution in [0.25, 0.3) is 0 Å². The van der Waals surface area contributed by atoms with Gasteiger partial charge in [-0.05, 0) is 62.6 Å². The van der Waals surface area contributed by atoms with E-state index in [9.17, 15) is 4.79 Å². The molecule has 218 valence electrons. The topological polar surface area (TPSA) is 87.5 Å². The number of esters is 1. The number of hydrogen-bond donors (Lipinski definition) is 1. The SMILES string of the molecule is CCOc1cc(C2C(C(=O)OC(C)C)=C(C)Nc3nc(SCc4ccccc4Cl)nn32)ccc1OCc1ccccc1. The number of hydrogen-bond acceptors (Lipinski definition) is 8. The van der Waals surface area contributed by atoms with E-state index in [2.05, 4.69) is 5.32 Å². The van der Waals surface area contributed by atoms with Crippen LogP contribution in [-0.2, 0) is 21.9 Å². The number of fused-ring (bicyclic) bond motifs is 1. The van der Waals surface area contributed by atoms with Crippen LogP contribution in [0.2, 0.25) is 5.02 Å². The molecule has 1 aromatic heterocycles. The van der Waals surface area contributed by atoms with Gasteiger partial charge in [-0.1, -0.05) is 78.0 Å². The molecule has 1 atom stereocenters. The van der Waals surface area contributed by atoms with Crippen LogP contribution in [0.15, 0.2) is 89.2 Å². The lowest BCUT2D eigenvalue weighted by Crippen LogP contribution is -2.30. The lowest BCUT2D eigenvalue weighted by Gasteiger charge is -2.29. The van der Waals surface area contributed by atoms with Gasteiger partial charge in [0, 0.05) is 16.5 Å². The number of nitrogens with one attached hydrogen (secondary N) is 1. The third kappa shape index (κ3) is 6.74. The summed E-state index contributed by atoms with van der Waals surface area (Å²) < 4.78 is 19.5. The molecule has 2 heterocycles. The first kappa shape index (κ1) is 29.5. The number of anilines is 1. The number of benzene rings is 3. The van der Waals surface area contributed by atoms with E-state index in [1.807, 2.05) is 100 Å². The normalized spacial score (nSPS) is 14.4. The molecule has 0 saturated carbocycles. The summed E-state index contributed by atoms with van der Waals surface area (Å²) in [7, 11) is 0. The maximum atomic E-state index is 13.4. The average molecular weight is 605 g/mol. The van der Waals surface area contributed by atoms with Crippen molar-refractivity contribution in [1.82, 2.24) is 14.8 Å². The Morgan fingerprint density at radius 3 is 2.55 bits per heavy atom. The van der Waals surface area contributed by atoms with Gasteiger partial charge in [0.15, 0.2) is 11.5 Å². The molecule has 5 rings (SSSR count). The number of halogens is 1. The fraction of sp³-hybridized carbons (Fsp3) is 0.281. The van der Waals surface area contributed by atoms with Crippen molar-refractivity contribution in [2.45, 2.75) is 57.4 Å². The zero-order valence-corrected chi connectivity index (χ0v) is 25.5. The zero-order valence-electron chi connectivity index (χ0n) is 24.0. The van der Waals surface area contributed by atoms with Crippen LogP contribution in [0, 0.1) is 0 Å². The maximum Gasteiger partial charge on any atom is 0.338 e. The predicted molar refractivity (Wildman–Crippen MR) is 165 cm³/mol. The van der Waals surface area contributed by atoms with E-state index in [0.29, 0.717) is 57.9 Å². The number of rotatable bonds is 11. The van der Waals surface area contributed by atoms with Gasteiger partial charge in [0.1, 0.15) is 12.6 Å². The highest BCUT2D eigenvalue weighted by molar-refractivity contribution is 7.98. The lowest BCUT2D eigenvalue weighted by molar-refractivity contribution is -0.143. The third-order valence-electron chi connectivity index (χ3n) is 6.53. The number of ether oxygens (including phenoxy) is 3. The van der Waals surface area contributed by atoms with Gasteiger partial charge in [-0.15, -0.1) is 5.10 Å². The van der Waals surface area contributed by atoms with Gasteiger partial charge in [-0.25, -0.2) is 9.48 Å². The van der Waals surface area contributed by atoms with E-state index in [1.54, 1.807) is 4.68 Å². The molecule has 1 aliphatic rings. The average Bonchev–Trinajstić information content (AvgIpc) is 3.38. The third-order valence-corrected chi connectivity index (χ3v) is 7.79. The Balaban J connectivity index is 1.50. The summed E-state index contributed by atoms with van der Waals surface area (Å²) in [5.74, 6) is 1.90. The molecule has 0 bridgehead atoms. The molecule has 0 radical (unpaired) electrons. The molecule has 1 aliphatic heterocycles. The molecule has 0 saturated heterocycles. The summed E-state index contributed by atoms with van der Waals surface area (Å²) in [5.41, 5.74) is 3.92. The number of allylic oxidation sites excluding steroid dienone is 1. The fourth-order valence-corrected chi connectivity index (χ4v) is 5.73. The Morgan fingerprint density at radius 1 is 1.05 bits per heavy atom. The molecule has 1 N–H and O–H groups in total. The van der Waals surface area contributed by atoms with Gasteiger partial charge < -0.3 is 19.5 Å². The standard InChI is InChI=1S/C32H33ClN4O4S/c1-5-39-27-17-23(15-16-26(27)40-18-22-11-7-6-8-12-22)29-28(30(38)41-20(2)3)21(4)34-31-35-32(36-37(29)31)42-19-24-13-9-10-14-25(24)33/h6-17,20,29H,5,18-19H2,1-4H3,(H,34,35,36). The molecule has 0 spiro atoms. The van der Waals surface area contributed by atoms with Crippen molar-refractivity contribution in [3.63, 3.8) is 0 Å². The largest absolute Gasteiger partial charge is 0.490 e. The summed E-state index contributed by atoms with van der Waals surface area (Å²) in [6.45, 7) is 8.28. The minimum atomic E-state index is -0.600. The monoisotopic (exact) mass is 604 g/mol. The Labute approximate surface area is 255 Å². The molecule has 0 amide bonds. The van der Waals surface area contributed by atoms with E-state index in [0.717, 1.165) is 16.7 Å². The van der Waals surface area contributed by atoms with Crippen molar-refractivity contribution in [3.05, 3.63) is 106 Å². The first-order valence-corrected chi connectivity index (χ1v) is 15.1. The highest BCUT2D eigenvalue weighted by atomic mass is 35.5. The van der Waals surface area contributed by atoms with Crippen LogP contribution >= 0.6 is 23.4 Å². The van der Waals surface area contributed by atoms with Crippen molar-refractivity contribution in [3.8, 4) is 11.5 Å². The summed E-state index contributed by atoms with van der Waals surface area (Å²) in [6.07, 6.45) is -0.287. The van der Waals surface area contributed by atoms with Crippen molar-refractivity contribution < 1.29 is 19.0 Å². The Hall–Kier alpha value is -3.95. The molecule has 3 aromatic carbocycles. The van der Waals surface area contributed by atoms with Crippen LogP contribution < -0.4 is 14.8 Å². The highest BCUT2D eigenvalue weighted by Gasteiger charge is 2.36. The number of carbonyl (C=O) groups excluding carboxylic acids is 1. The van der Waals surface area contributed by atoms with Crippen LogP contribution in [0.5, 0.6) is 11.5 Å². The molecule has 0 aliphatic carbocycles. The molecule has 4 aromatic rings. The summed E-state index contributed by atoms with van der Waals surface area (Å²) in [4.78, 5) is 18.2. The van der Waals surface area contributed by atoms with Crippen LogP contribution in [0.3, 0.4) is 0 Å². The van der Waals surface area contributed by atoms with Gasteiger partial charge in [0.05, 0.1) is 18.3 Å². The Bertz CT molecular complexity index is 1590. The Morgan fingerprint density at radius 2 is 1.81 bits per heavy atom. The molecule has 8 nitrogen and oxygen atoms in total. The molecular weight excluding hydrogens is 572 g/mol. The summed E-state index contributed by atoms with van der Waals surface area (Å²) >= 11 is 7.84. The van der Waals surface area contributed by atoms with Gasteiger partial charge in [0.25, 0.3) is 0 Å². The molecule has 42 heavy (non-hydrogen) atoms. The quantitative estimate of drug-likeness (QED) is 0.140. The van der Waals surface area contributed by atoms with Gasteiger partial charge in [0.2, 0.25) is 11.1 Å². The number of carbonyl (C=O) groups is 1. The van der Waals surface area contributed by atoms with E-state index in [4.69, 9.17) is 35.9 Å². The van der Waals surface area contributed by atoms with E-state index in [-0.39, 0.29) is 6.10 Å². The van der Waals surface area contributed by atoms with Gasteiger partial charge in [-0.2, -0.15) is 4.98 Å². The Kier molecular flexibility index (Phi) is 9.39. The minimum Gasteiger partial charge on any atom is -0.490 e. The second-order valence-corrected chi connectivity index (χ2v) is 11.3. The number of thioether (sulfide) groups is 1. The van der Waals surface area contributed by atoms with Crippen LogP contribution in [-0.4, -0.2) is 33.4 Å². The van der Waals surface area contributed by atoms with Crippen molar-refractivity contribution in [1.29, 1.82) is 0 Å². The fourth-order valence-electron chi connectivity index (χ4n) is 4.62. The van der Waals surface area contributed by atoms with Crippen LogP contribution in [0.1, 0.15) is 50.4 Å². The minimum absolute atomic E-state index is 0.287. The van der Waals surface area contributed by atoms with Crippen molar-refractivity contribution in [2.24, 2.45) is 0 Å². The molecule has 0 fully saturated rings.